The second-order valence-corrected chi connectivity index (χ2v) is 4.66. The van der Waals surface area contributed by atoms with Crippen LogP contribution in [0.25, 0.3) is 0 Å². The zero-order valence-corrected chi connectivity index (χ0v) is 11.8. The predicted molar refractivity (Wildman–Crippen MR) is 75.3 cm³/mol. The van der Waals surface area contributed by atoms with Gasteiger partial charge in [-0.3, -0.25) is 0 Å². The first-order valence-electron chi connectivity index (χ1n) is 6.03. The first-order valence-corrected chi connectivity index (χ1v) is 6.41. The average molecular weight is 298 g/mol. The van der Waals surface area contributed by atoms with Crippen LogP contribution in [0.5, 0.6) is 5.75 Å². The lowest BCUT2D eigenvalue weighted by Gasteiger charge is -2.21. The minimum Gasteiger partial charge on any atom is -0.496 e. The van der Waals surface area contributed by atoms with Crippen LogP contribution in [0.15, 0.2) is 36.4 Å². The van der Waals surface area contributed by atoms with Gasteiger partial charge in [0.1, 0.15) is 5.75 Å². The van der Waals surface area contributed by atoms with Crippen molar-refractivity contribution in [2.24, 2.45) is 0 Å². The Hall–Kier alpha value is -1.65. The van der Waals surface area contributed by atoms with E-state index in [1.54, 1.807) is 20.2 Å². The third-order valence-electron chi connectivity index (χ3n) is 3.09. The number of hydrogen-bond acceptors (Lipinski definition) is 2. The van der Waals surface area contributed by atoms with Crippen LogP contribution in [0.4, 0.5) is 8.78 Å². The highest BCUT2D eigenvalue weighted by Gasteiger charge is 2.20. The fourth-order valence-corrected chi connectivity index (χ4v) is 2.40. The molecular formula is C15H14ClF2NO. The molecule has 0 aliphatic heterocycles. The van der Waals surface area contributed by atoms with Crippen molar-refractivity contribution in [3.05, 3.63) is 64.2 Å². The van der Waals surface area contributed by atoms with Crippen molar-refractivity contribution in [1.29, 1.82) is 0 Å². The molecule has 0 heterocycles. The van der Waals surface area contributed by atoms with Gasteiger partial charge in [0.15, 0.2) is 11.6 Å². The molecule has 0 amide bonds. The molecule has 0 saturated carbocycles. The van der Waals surface area contributed by atoms with Crippen LogP contribution < -0.4 is 10.1 Å². The van der Waals surface area contributed by atoms with Crippen LogP contribution in [-0.2, 0) is 0 Å². The highest BCUT2D eigenvalue weighted by molar-refractivity contribution is 6.31. The molecule has 1 atom stereocenters. The van der Waals surface area contributed by atoms with E-state index in [0.29, 0.717) is 11.3 Å². The van der Waals surface area contributed by atoms with E-state index >= 15 is 0 Å². The zero-order valence-electron chi connectivity index (χ0n) is 11.1. The number of rotatable bonds is 4. The third-order valence-corrected chi connectivity index (χ3v) is 3.42. The number of benzene rings is 2. The molecule has 106 valence electrons. The van der Waals surface area contributed by atoms with Crippen molar-refractivity contribution < 1.29 is 13.5 Å². The number of nitrogens with one attached hydrogen (secondary N) is 1. The summed E-state index contributed by atoms with van der Waals surface area (Å²) in [5.41, 5.74) is 1.25. The van der Waals surface area contributed by atoms with E-state index in [0.717, 1.165) is 17.7 Å². The molecule has 0 spiro atoms. The Morgan fingerprint density at radius 1 is 1.10 bits per heavy atom. The summed E-state index contributed by atoms with van der Waals surface area (Å²) in [5.74, 6) is -1.25. The van der Waals surface area contributed by atoms with E-state index < -0.39 is 17.7 Å². The van der Waals surface area contributed by atoms with E-state index in [4.69, 9.17) is 16.3 Å². The van der Waals surface area contributed by atoms with Crippen LogP contribution in [0, 0.1) is 11.6 Å². The molecule has 0 aliphatic carbocycles. The number of halogens is 3. The zero-order chi connectivity index (χ0) is 14.7. The number of hydrogen-bond donors (Lipinski definition) is 1. The van der Waals surface area contributed by atoms with Gasteiger partial charge in [-0.1, -0.05) is 29.8 Å². The summed E-state index contributed by atoms with van der Waals surface area (Å²) in [6.07, 6.45) is 0. The molecule has 1 N–H and O–H groups in total. The van der Waals surface area contributed by atoms with Crippen molar-refractivity contribution in [3.8, 4) is 5.75 Å². The summed E-state index contributed by atoms with van der Waals surface area (Å²) < 4.78 is 31.9. The van der Waals surface area contributed by atoms with Crippen LogP contribution in [0.1, 0.15) is 17.2 Å². The number of para-hydroxylation sites is 1. The second kappa shape index (κ2) is 6.20. The molecule has 2 nitrogen and oxygen atoms in total. The van der Waals surface area contributed by atoms with Crippen molar-refractivity contribution in [1.82, 2.24) is 5.32 Å². The van der Waals surface area contributed by atoms with E-state index in [2.05, 4.69) is 5.32 Å². The van der Waals surface area contributed by atoms with Gasteiger partial charge in [-0.15, -0.1) is 0 Å². The summed E-state index contributed by atoms with van der Waals surface area (Å²) in [6.45, 7) is 0. The lowest BCUT2D eigenvalue weighted by Crippen LogP contribution is -2.19. The average Bonchev–Trinajstić information content (AvgIpc) is 2.45. The fraction of sp³-hybridized carbons (Fsp3) is 0.200. The van der Waals surface area contributed by atoms with E-state index in [1.807, 2.05) is 18.2 Å². The molecule has 0 aromatic heterocycles. The van der Waals surface area contributed by atoms with E-state index in [-0.39, 0.29) is 5.02 Å². The molecule has 2 rings (SSSR count). The minimum atomic E-state index is -0.964. The Kier molecular flexibility index (Phi) is 4.57. The van der Waals surface area contributed by atoms with Gasteiger partial charge in [-0.05, 0) is 30.8 Å². The predicted octanol–water partition coefficient (Wildman–Crippen LogP) is 3.94. The molecule has 2 aromatic carbocycles. The Bertz CT molecular complexity index is 619. The molecule has 0 fully saturated rings. The molecule has 1 unspecified atom stereocenters. The van der Waals surface area contributed by atoms with E-state index in [1.165, 1.54) is 0 Å². The van der Waals surface area contributed by atoms with Gasteiger partial charge in [0.05, 0.1) is 13.2 Å². The highest BCUT2D eigenvalue weighted by atomic mass is 35.5. The third kappa shape index (κ3) is 2.76. The van der Waals surface area contributed by atoms with Gasteiger partial charge in [0, 0.05) is 10.6 Å². The maximum absolute atomic E-state index is 13.5. The molecule has 5 heteroatoms. The Balaban J connectivity index is 2.55. The Morgan fingerprint density at radius 2 is 1.75 bits per heavy atom. The summed E-state index contributed by atoms with van der Waals surface area (Å²) >= 11 is 6.03. The van der Waals surface area contributed by atoms with Crippen molar-refractivity contribution in [2.45, 2.75) is 6.04 Å². The summed E-state index contributed by atoms with van der Waals surface area (Å²) in [5, 5.41) is 3.20. The Morgan fingerprint density at radius 3 is 2.40 bits per heavy atom. The molecule has 2 aromatic rings. The number of ether oxygens (including phenoxy) is 1. The molecular weight excluding hydrogens is 284 g/mol. The van der Waals surface area contributed by atoms with Gasteiger partial charge in [0.2, 0.25) is 0 Å². The van der Waals surface area contributed by atoms with Gasteiger partial charge in [0.25, 0.3) is 0 Å². The molecule has 0 bridgehead atoms. The Labute approximate surface area is 121 Å². The van der Waals surface area contributed by atoms with Crippen LogP contribution in [-0.4, -0.2) is 14.2 Å². The van der Waals surface area contributed by atoms with Gasteiger partial charge >= 0.3 is 0 Å². The summed E-state index contributed by atoms with van der Waals surface area (Å²) in [7, 11) is 3.27. The minimum absolute atomic E-state index is 0.161. The fourth-order valence-electron chi connectivity index (χ4n) is 2.14. The lowest BCUT2D eigenvalue weighted by atomic mass is 9.97. The lowest BCUT2D eigenvalue weighted by molar-refractivity contribution is 0.405. The monoisotopic (exact) mass is 297 g/mol. The van der Waals surface area contributed by atoms with Gasteiger partial charge in [-0.2, -0.15) is 0 Å². The quantitative estimate of drug-likeness (QED) is 0.863. The maximum Gasteiger partial charge on any atom is 0.160 e. The standard InChI is InChI=1S/C15H14ClF2NO/c1-19-15(9-5-3-4-6-14(9)20-2)10-7-12(17)13(18)8-11(10)16/h3-8,15,19H,1-2H3. The first kappa shape index (κ1) is 14.8. The topological polar surface area (TPSA) is 21.3 Å². The molecule has 0 saturated heterocycles. The van der Waals surface area contributed by atoms with Crippen molar-refractivity contribution in [3.63, 3.8) is 0 Å². The largest absolute Gasteiger partial charge is 0.496 e. The van der Waals surface area contributed by atoms with Gasteiger partial charge in [-0.25, -0.2) is 8.78 Å². The van der Waals surface area contributed by atoms with Crippen LogP contribution in [0.2, 0.25) is 5.02 Å². The maximum atomic E-state index is 13.5. The molecule has 0 radical (unpaired) electrons. The van der Waals surface area contributed by atoms with Crippen molar-refractivity contribution in [2.75, 3.05) is 14.2 Å². The smallest absolute Gasteiger partial charge is 0.160 e. The number of methoxy groups -OCH3 is 1. The van der Waals surface area contributed by atoms with Crippen LogP contribution >= 0.6 is 11.6 Å². The second-order valence-electron chi connectivity index (χ2n) is 4.25. The summed E-state index contributed by atoms with van der Waals surface area (Å²) in [6, 6.07) is 9.01. The normalized spacial score (nSPS) is 12.2. The molecule has 0 aliphatic rings. The van der Waals surface area contributed by atoms with E-state index in [9.17, 15) is 8.78 Å². The van der Waals surface area contributed by atoms with Crippen molar-refractivity contribution >= 4 is 11.6 Å². The summed E-state index contributed by atoms with van der Waals surface area (Å²) in [4.78, 5) is 0. The first-order chi connectivity index (χ1) is 9.58. The van der Waals surface area contributed by atoms with Gasteiger partial charge < -0.3 is 10.1 Å². The van der Waals surface area contributed by atoms with Crippen LogP contribution in [0.3, 0.4) is 0 Å². The molecule has 20 heavy (non-hydrogen) atoms. The SMILES string of the molecule is CNC(c1cc(F)c(F)cc1Cl)c1ccccc1OC. The highest BCUT2D eigenvalue weighted by Crippen LogP contribution is 2.34.